The summed E-state index contributed by atoms with van der Waals surface area (Å²) in [6.07, 6.45) is 0.977. The molecule has 0 aliphatic rings. The summed E-state index contributed by atoms with van der Waals surface area (Å²) in [5, 5.41) is 12.2. The molecule has 0 aromatic carbocycles. The van der Waals surface area contributed by atoms with Crippen molar-refractivity contribution in [2.75, 3.05) is 13.2 Å². The summed E-state index contributed by atoms with van der Waals surface area (Å²) in [4.78, 5) is 11.2. The number of hydrogen-bond acceptors (Lipinski definition) is 3. The summed E-state index contributed by atoms with van der Waals surface area (Å²) < 4.78 is 5.58. The molecule has 0 amide bonds. The molecule has 0 aliphatic heterocycles. The van der Waals surface area contributed by atoms with E-state index in [2.05, 4.69) is 19.2 Å². The van der Waals surface area contributed by atoms with Crippen molar-refractivity contribution >= 4 is 5.97 Å². The summed E-state index contributed by atoms with van der Waals surface area (Å²) in [5.74, 6) is -0.471. The van der Waals surface area contributed by atoms with Gasteiger partial charge in [-0.1, -0.05) is 20.8 Å². The zero-order chi connectivity index (χ0) is 12.8. The van der Waals surface area contributed by atoms with Crippen molar-refractivity contribution in [3.05, 3.63) is 0 Å². The Kier molecular flexibility index (Phi) is 6.60. The Morgan fingerprint density at radius 2 is 2.00 bits per heavy atom. The second kappa shape index (κ2) is 6.86. The SMILES string of the molecule is CCCNC(C)(COC(C)C(C)C)C(=O)O. The first-order chi connectivity index (χ1) is 7.33. The molecular formula is C12H25NO3. The van der Waals surface area contributed by atoms with Crippen molar-refractivity contribution in [3.8, 4) is 0 Å². The standard InChI is InChI=1S/C12H25NO3/c1-6-7-13-12(5,11(14)15)8-16-10(4)9(2)3/h9-10,13H,6-8H2,1-5H3,(H,14,15). The van der Waals surface area contributed by atoms with Crippen molar-refractivity contribution in [1.82, 2.24) is 5.32 Å². The predicted molar refractivity (Wildman–Crippen MR) is 64.6 cm³/mol. The fraction of sp³-hybridized carbons (Fsp3) is 0.917. The van der Waals surface area contributed by atoms with E-state index in [1.165, 1.54) is 0 Å². The van der Waals surface area contributed by atoms with E-state index in [1.54, 1.807) is 6.92 Å². The van der Waals surface area contributed by atoms with Gasteiger partial charge in [-0.25, -0.2) is 0 Å². The zero-order valence-corrected chi connectivity index (χ0v) is 11.0. The molecule has 2 atom stereocenters. The van der Waals surface area contributed by atoms with Crippen molar-refractivity contribution in [2.24, 2.45) is 5.92 Å². The number of hydrogen-bond donors (Lipinski definition) is 2. The van der Waals surface area contributed by atoms with E-state index in [1.807, 2.05) is 13.8 Å². The van der Waals surface area contributed by atoms with Crippen LogP contribution in [-0.2, 0) is 9.53 Å². The molecule has 4 nitrogen and oxygen atoms in total. The monoisotopic (exact) mass is 231 g/mol. The fourth-order valence-electron chi connectivity index (χ4n) is 1.08. The molecule has 0 aliphatic carbocycles. The highest BCUT2D eigenvalue weighted by Crippen LogP contribution is 2.11. The van der Waals surface area contributed by atoms with Crippen LogP contribution in [0, 0.1) is 5.92 Å². The number of rotatable bonds is 8. The summed E-state index contributed by atoms with van der Waals surface area (Å²) in [7, 11) is 0. The Morgan fingerprint density at radius 1 is 1.44 bits per heavy atom. The normalized spacial score (nSPS) is 17.1. The summed E-state index contributed by atoms with van der Waals surface area (Å²) in [5.41, 5.74) is -0.987. The number of nitrogens with one attached hydrogen (secondary N) is 1. The molecule has 2 unspecified atom stereocenters. The average Bonchev–Trinajstić information content (AvgIpc) is 2.22. The summed E-state index contributed by atoms with van der Waals surface area (Å²) >= 11 is 0. The first-order valence-electron chi connectivity index (χ1n) is 5.93. The van der Waals surface area contributed by atoms with Crippen LogP contribution < -0.4 is 5.32 Å². The van der Waals surface area contributed by atoms with Crippen molar-refractivity contribution in [1.29, 1.82) is 0 Å². The number of ether oxygens (including phenoxy) is 1. The number of carbonyl (C=O) groups is 1. The minimum absolute atomic E-state index is 0.0714. The van der Waals surface area contributed by atoms with Gasteiger partial charge in [-0.15, -0.1) is 0 Å². The van der Waals surface area contributed by atoms with Gasteiger partial charge in [0.2, 0.25) is 0 Å². The maximum atomic E-state index is 11.2. The van der Waals surface area contributed by atoms with Gasteiger partial charge in [-0.2, -0.15) is 0 Å². The molecule has 0 aromatic rings. The predicted octanol–water partition coefficient (Wildman–Crippen LogP) is 1.89. The highest BCUT2D eigenvalue weighted by Gasteiger charge is 2.33. The molecule has 0 saturated heterocycles. The minimum atomic E-state index is -0.987. The lowest BCUT2D eigenvalue weighted by Crippen LogP contribution is -2.54. The van der Waals surface area contributed by atoms with Crippen molar-refractivity contribution in [2.45, 2.75) is 52.7 Å². The maximum absolute atomic E-state index is 11.2. The Bertz CT molecular complexity index is 218. The smallest absolute Gasteiger partial charge is 0.326 e. The van der Waals surface area contributed by atoms with E-state index in [-0.39, 0.29) is 12.7 Å². The van der Waals surface area contributed by atoms with Crippen LogP contribution in [-0.4, -0.2) is 35.9 Å². The van der Waals surface area contributed by atoms with Gasteiger partial charge in [0.05, 0.1) is 12.7 Å². The first-order valence-corrected chi connectivity index (χ1v) is 5.93. The molecule has 2 N–H and O–H groups in total. The van der Waals surface area contributed by atoms with Crippen LogP contribution in [0.2, 0.25) is 0 Å². The van der Waals surface area contributed by atoms with Gasteiger partial charge in [0, 0.05) is 0 Å². The van der Waals surface area contributed by atoms with Gasteiger partial charge in [0.1, 0.15) is 5.54 Å². The third-order valence-electron chi connectivity index (χ3n) is 2.81. The van der Waals surface area contributed by atoms with Crippen LogP contribution in [0.5, 0.6) is 0 Å². The van der Waals surface area contributed by atoms with Crippen LogP contribution in [0.25, 0.3) is 0 Å². The van der Waals surface area contributed by atoms with Gasteiger partial charge < -0.3 is 15.2 Å². The molecule has 0 heterocycles. The average molecular weight is 231 g/mol. The molecule has 0 saturated carbocycles. The van der Waals surface area contributed by atoms with Gasteiger partial charge >= 0.3 is 5.97 Å². The Hall–Kier alpha value is -0.610. The minimum Gasteiger partial charge on any atom is -0.480 e. The van der Waals surface area contributed by atoms with Crippen molar-refractivity contribution in [3.63, 3.8) is 0 Å². The molecule has 0 bridgehead atoms. The molecule has 0 spiro atoms. The highest BCUT2D eigenvalue weighted by atomic mass is 16.5. The van der Waals surface area contributed by atoms with Gasteiger partial charge in [0.25, 0.3) is 0 Å². The first kappa shape index (κ1) is 15.4. The van der Waals surface area contributed by atoms with Gasteiger partial charge in [0.15, 0.2) is 0 Å². The van der Waals surface area contributed by atoms with E-state index in [0.717, 1.165) is 6.42 Å². The van der Waals surface area contributed by atoms with Gasteiger partial charge in [-0.05, 0) is 32.7 Å². The lowest BCUT2D eigenvalue weighted by molar-refractivity contribution is -0.148. The number of carboxylic acids is 1. The Balaban J connectivity index is 4.27. The summed E-state index contributed by atoms with van der Waals surface area (Å²) in [6, 6.07) is 0. The fourth-order valence-corrected chi connectivity index (χ4v) is 1.08. The van der Waals surface area contributed by atoms with Crippen LogP contribution in [0.1, 0.15) is 41.0 Å². The topological polar surface area (TPSA) is 58.6 Å². The number of aliphatic carboxylic acids is 1. The molecule has 16 heavy (non-hydrogen) atoms. The van der Waals surface area contributed by atoms with Crippen LogP contribution in [0.4, 0.5) is 0 Å². The lowest BCUT2D eigenvalue weighted by Gasteiger charge is -2.28. The van der Waals surface area contributed by atoms with E-state index in [9.17, 15) is 4.79 Å². The summed E-state index contributed by atoms with van der Waals surface area (Å²) in [6.45, 7) is 10.6. The third-order valence-corrected chi connectivity index (χ3v) is 2.81. The largest absolute Gasteiger partial charge is 0.480 e. The van der Waals surface area contributed by atoms with E-state index in [4.69, 9.17) is 9.84 Å². The molecule has 0 aromatic heterocycles. The quantitative estimate of drug-likeness (QED) is 0.670. The van der Waals surface area contributed by atoms with Crippen LogP contribution >= 0.6 is 0 Å². The molecule has 0 rings (SSSR count). The molecular weight excluding hydrogens is 206 g/mol. The molecule has 4 heteroatoms. The van der Waals surface area contributed by atoms with E-state index >= 15 is 0 Å². The third kappa shape index (κ3) is 4.94. The van der Waals surface area contributed by atoms with Crippen molar-refractivity contribution < 1.29 is 14.6 Å². The second-order valence-corrected chi connectivity index (χ2v) is 4.82. The molecule has 96 valence electrons. The molecule has 0 radical (unpaired) electrons. The van der Waals surface area contributed by atoms with E-state index < -0.39 is 11.5 Å². The Morgan fingerprint density at radius 3 is 2.38 bits per heavy atom. The van der Waals surface area contributed by atoms with Crippen LogP contribution in [0.3, 0.4) is 0 Å². The maximum Gasteiger partial charge on any atom is 0.326 e. The highest BCUT2D eigenvalue weighted by molar-refractivity contribution is 5.78. The lowest BCUT2D eigenvalue weighted by atomic mass is 10.0. The second-order valence-electron chi connectivity index (χ2n) is 4.82. The van der Waals surface area contributed by atoms with Crippen LogP contribution in [0.15, 0.2) is 0 Å². The Labute approximate surface area is 98.4 Å². The zero-order valence-electron chi connectivity index (χ0n) is 11.0. The molecule has 0 fully saturated rings. The van der Waals surface area contributed by atoms with Gasteiger partial charge in [-0.3, -0.25) is 4.79 Å². The number of carboxylic acid groups (broad SMARTS) is 1. The van der Waals surface area contributed by atoms with E-state index in [0.29, 0.717) is 12.5 Å².